The highest BCUT2D eigenvalue weighted by Gasteiger charge is 2.52. The molecule has 0 aromatic heterocycles. The fraction of sp³-hybridized carbons (Fsp3) is 0.611. The van der Waals surface area contributed by atoms with Crippen LogP contribution in [0.3, 0.4) is 0 Å². The number of ether oxygens (including phenoxy) is 1. The van der Waals surface area contributed by atoms with Crippen molar-refractivity contribution in [2.24, 2.45) is 0 Å². The van der Waals surface area contributed by atoms with Gasteiger partial charge in [0.1, 0.15) is 5.60 Å². The minimum absolute atomic E-state index is 0.411. The molecular formula is C18H28BNO4. The van der Waals surface area contributed by atoms with E-state index in [0.717, 1.165) is 5.46 Å². The molecule has 132 valence electrons. The van der Waals surface area contributed by atoms with E-state index in [1.165, 1.54) is 4.90 Å². The average Bonchev–Trinajstić information content (AvgIpc) is 2.64. The number of hydrogen-bond donors (Lipinski definition) is 0. The van der Waals surface area contributed by atoms with Crippen LogP contribution in [-0.4, -0.2) is 37.1 Å². The molecule has 1 aliphatic rings. The van der Waals surface area contributed by atoms with Gasteiger partial charge in [0.25, 0.3) is 0 Å². The Morgan fingerprint density at radius 1 is 1.08 bits per heavy atom. The summed E-state index contributed by atoms with van der Waals surface area (Å²) in [6.07, 6.45) is -0.411. The van der Waals surface area contributed by atoms with Gasteiger partial charge in [-0.25, -0.2) is 4.79 Å². The molecule has 0 saturated carbocycles. The van der Waals surface area contributed by atoms with Crippen LogP contribution in [0.2, 0.25) is 0 Å². The largest absolute Gasteiger partial charge is 0.496 e. The summed E-state index contributed by atoms with van der Waals surface area (Å²) in [6, 6.07) is 7.57. The van der Waals surface area contributed by atoms with Crippen LogP contribution < -0.4 is 10.4 Å². The van der Waals surface area contributed by atoms with Crippen molar-refractivity contribution in [2.45, 2.75) is 65.3 Å². The fourth-order valence-corrected chi connectivity index (χ4v) is 2.39. The minimum Gasteiger partial charge on any atom is -0.443 e. The first-order valence-electron chi connectivity index (χ1n) is 8.25. The van der Waals surface area contributed by atoms with Gasteiger partial charge in [0.2, 0.25) is 0 Å². The van der Waals surface area contributed by atoms with Crippen LogP contribution in [0, 0.1) is 0 Å². The first-order chi connectivity index (χ1) is 10.8. The van der Waals surface area contributed by atoms with Crippen molar-refractivity contribution < 1.29 is 18.8 Å². The van der Waals surface area contributed by atoms with E-state index >= 15 is 0 Å². The molecule has 1 fully saturated rings. The Morgan fingerprint density at radius 3 is 2.08 bits per heavy atom. The standard InChI is InChI=1S/C18H28BNO4/c1-16(2,3)22-15(21)20(8)14-12-10-9-11-13(14)19-23-17(4,5)18(6,7)24-19/h9-12H,1-8H3. The second-order valence-electron chi connectivity index (χ2n) is 8.19. The second kappa shape index (κ2) is 6.08. The molecule has 0 radical (unpaired) electrons. The highest BCUT2D eigenvalue weighted by atomic mass is 16.7. The van der Waals surface area contributed by atoms with Crippen molar-refractivity contribution in [1.29, 1.82) is 0 Å². The number of carbonyl (C=O) groups excluding carboxylic acids is 1. The van der Waals surface area contributed by atoms with Crippen LogP contribution >= 0.6 is 0 Å². The van der Waals surface area contributed by atoms with E-state index in [2.05, 4.69) is 0 Å². The molecule has 0 unspecified atom stereocenters. The number of benzene rings is 1. The molecule has 1 aliphatic heterocycles. The third-order valence-corrected chi connectivity index (χ3v) is 4.47. The van der Waals surface area contributed by atoms with Gasteiger partial charge in [0.15, 0.2) is 0 Å². The summed E-state index contributed by atoms with van der Waals surface area (Å²) in [4.78, 5) is 13.9. The van der Waals surface area contributed by atoms with Crippen molar-refractivity contribution in [1.82, 2.24) is 0 Å². The summed E-state index contributed by atoms with van der Waals surface area (Å²) < 4.78 is 17.7. The lowest BCUT2D eigenvalue weighted by Crippen LogP contribution is -2.41. The lowest BCUT2D eigenvalue weighted by molar-refractivity contribution is 0.00578. The maximum absolute atomic E-state index is 12.4. The van der Waals surface area contributed by atoms with E-state index in [1.54, 1.807) is 7.05 Å². The molecule has 24 heavy (non-hydrogen) atoms. The smallest absolute Gasteiger partial charge is 0.443 e. The van der Waals surface area contributed by atoms with E-state index in [9.17, 15) is 4.79 Å². The van der Waals surface area contributed by atoms with Crippen LogP contribution in [0.4, 0.5) is 10.5 Å². The third-order valence-electron chi connectivity index (χ3n) is 4.47. The zero-order valence-electron chi connectivity index (χ0n) is 16.0. The fourth-order valence-electron chi connectivity index (χ4n) is 2.39. The highest BCUT2D eigenvalue weighted by molar-refractivity contribution is 6.64. The van der Waals surface area contributed by atoms with Gasteiger partial charge in [-0.15, -0.1) is 0 Å². The lowest BCUT2D eigenvalue weighted by Gasteiger charge is -2.32. The molecule has 5 nitrogen and oxygen atoms in total. The van der Waals surface area contributed by atoms with Crippen LogP contribution in [0.25, 0.3) is 0 Å². The van der Waals surface area contributed by atoms with Crippen molar-refractivity contribution in [2.75, 3.05) is 11.9 Å². The minimum atomic E-state index is -0.551. The molecule has 1 aromatic rings. The maximum atomic E-state index is 12.4. The Bertz CT molecular complexity index is 606. The number of carbonyl (C=O) groups is 1. The molecule has 2 rings (SSSR count). The van der Waals surface area contributed by atoms with Crippen molar-refractivity contribution >= 4 is 24.4 Å². The molecule has 0 bridgehead atoms. The van der Waals surface area contributed by atoms with Gasteiger partial charge in [-0.05, 0) is 54.5 Å². The van der Waals surface area contributed by atoms with Crippen molar-refractivity contribution in [3.63, 3.8) is 0 Å². The molecule has 0 N–H and O–H groups in total. The molecule has 1 saturated heterocycles. The van der Waals surface area contributed by atoms with Gasteiger partial charge in [-0.2, -0.15) is 0 Å². The Labute approximate surface area is 145 Å². The average molecular weight is 333 g/mol. The zero-order chi connectivity index (χ0) is 18.3. The molecule has 0 atom stereocenters. The normalized spacial score (nSPS) is 19.2. The first kappa shape index (κ1) is 18.8. The van der Waals surface area contributed by atoms with Gasteiger partial charge in [-0.3, -0.25) is 4.90 Å². The Balaban J connectivity index is 2.31. The van der Waals surface area contributed by atoms with Gasteiger partial charge in [0.05, 0.1) is 11.2 Å². The topological polar surface area (TPSA) is 48.0 Å². The first-order valence-corrected chi connectivity index (χ1v) is 8.25. The van der Waals surface area contributed by atoms with Gasteiger partial charge in [-0.1, -0.05) is 18.2 Å². The summed E-state index contributed by atoms with van der Waals surface area (Å²) >= 11 is 0. The Kier molecular flexibility index (Phi) is 4.77. The molecule has 0 spiro atoms. The quantitative estimate of drug-likeness (QED) is 0.779. The van der Waals surface area contributed by atoms with Crippen molar-refractivity contribution in [3.05, 3.63) is 24.3 Å². The third kappa shape index (κ3) is 3.76. The Morgan fingerprint density at radius 2 is 1.58 bits per heavy atom. The lowest BCUT2D eigenvalue weighted by atomic mass is 9.77. The molecule has 0 aliphatic carbocycles. The number of anilines is 1. The molecular weight excluding hydrogens is 305 g/mol. The summed E-state index contributed by atoms with van der Waals surface area (Å²) in [5.41, 5.74) is 0.101. The van der Waals surface area contributed by atoms with E-state index in [-0.39, 0.29) is 0 Å². The molecule has 1 aromatic carbocycles. The predicted octanol–water partition coefficient (Wildman–Crippen LogP) is 3.36. The molecule has 1 amide bonds. The van der Waals surface area contributed by atoms with Crippen LogP contribution in [-0.2, 0) is 14.0 Å². The highest BCUT2D eigenvalue weighted by Crippen LogP contribution is 2.37. The van der Waals surface area contributed by atoms with Crippen LogP contribution in [0.15, 0.2) is 24.3 Å². The number of para-hydroxylation sites is 1. The van der Waals surface area contributed by atoms with Crippen LogP contribution in [0.1, 0.15) is 48.5 Å². The van der Waals surface area contributed by atoms with E-state index in [0.29, 0.717) is 5.69 Å². The summed E-state index contributed by atoms with van der Waals surface area (Å²) in [6.45, 7) is 13.6. The van der Waals surface area contributed by atoms with Crippen LogP contribution in [0.5, 0.6) is 0 Å². The van der Waals surface area contributed by atoms with Crippen molar-refractivity contribution in [3.8, 4) is 0 Å². The van der Waals surface area contributed by atoms with Gasteiger partial charge < -0.3 is 14.0 Å². The summed E-state index contributed by atoms with van der Waals surface area (Å²) in [5.74, 6) is 0. The molecule has 1 heterocycles. The maximum Gasteiger partial charge on any atom is 0.496 e. The van der Waals surface area contributed by atoms with Gasteiger partial charge in [0, 0.05) is 18.2 Å². The summed E-state index contributed by atoms with van der Waals surface area (Å²) in [5, 5.41) is 0. The molecule has 6 heteroatoms. The summed E-state index contributed by atoms with van der Waals surface area (Å²) in [7, 11) is 1.16. The van der Waals surface area contributed by atoms with E-state index in [4.69, 9.17) is 14.0 Å². The zero-order valence-corrected chi connectivity index (χ0v) is 16.0. The number of hydrogen-bond acceptors (Lipinski definition) is 4. The number of rotatable bonds is 2. The second-order valence-corrected chi connectivity index (χ2v) is 8.19. The Hall–Kier alpha value is -1.53. The number of nitrogens with zero attached hydrogens (tertiary/aromatic N) is 1. The van der Waals surface area contributed by atoms with Gasteiger partial charge >= 0.3 is 13.2 Å². The monoisotopic (exact) mass is 333 g/mol. The SMILES string of the molecule is CN(C(=O)OC(C)(C)C)c1ccccc1B1OC(C)(C)C(C)(C)O1. The van der Waals surface area contributed by atoms with E-state index < -0.39 is 30.0 Å². The number of amides is 1. The van der Waals surface area contributed by atoms with E-state index in [1.807, 2.05) is 72.7 Å². The predicted molar refractivity (Wildman–Crippen MR) is 96.8 cm³/mol.